The van der Waals surface area contributed by atoms with Crippen LogP contribution in [0.4, 0.5) is 5.69 Å². The van der Waals surface area contributed by atoms with Gasteiger partial charge in [-0.15, -0.1) is 0 Å². The van der Waals surface area contributed by atoms with Crippen LogP contribution in [0.1, 0.15) is 15.9 Å². The molecule has 0 aliphatic rings. The molecular formula is C20H17ClNO2P. The van der Waals surface area contributed by atoms with Gasteiger partial charge in [-0.1, -0.05) is 53.6 Å². The first-order valence-electron chi connectivity index (χ1n) is 7.77. The molecule has 126 valence electrons. The maximum absolute atomic E-state index is 12.7. The second kappa shape index (κ2) is 8.15. The zero-order valence-corrected chi connectivity index (χ0v) is 15.4. The summed E-state index contributed by atoms with van der Waals surface area (Å²) in [5.74, 6) is 0.359. The Kier molecular flexibility index (Phi) is 5.70. The largest absolute Gasteiger partial charge is 0.472 e. The fraction of sp³-hybridized carbons (Fsp3) is 0.0500. The van der Waals surface area contributed by atoms with Crippen LogP contribution >= 0.6 is 20.4 Å². The lowest BCUT2D eigenvalue weighted by Gasteiger charge is -2.12. The van der Waals surface area contributed by atoms with E-state index in [0.717, 1.165) is 10.9 Å². The Morgan fingerprint density at radius 2 is 1.72 bits per heavy atom. The van der Waals surface area contributed by atoms with E-state index in [1.807, 2.05) is 55.5 Å². The molecule has 0 saturated heterocycles. The molecule has 25 heavy (non-hydrogen) atoms. The molecule has 3 rings (SSSR count). The molecule has 0 spiro atoms. The van der Waals surface area contributed by atoms with E-state index in [1.165, 1.54) is 0 Å². The van der Waals surface area contributed by atoms with Crippen molar-refractivity contribution in [1.29, 1.82) is 0 Å². The number of benzene rings is 3. The summed E-state index contributed by atoms with van der Waals surface area (Å²) in [5, 5.41) is 4.58. The summed E-state index contributed by atoms with van der Waals surface area (Å²) in [7, 11) is 0.137. The highest BCUT2D eigenvalue weighted by molar-refractivity contribution is 7.42. The van der Waals surface area contributed by atoms with Gasteiger partial charge in [0.25, 0.3) is 5.91 Å². The molecule has 0 heterocycles. The first-order valence-corrected chi connectivity index (χ1v) is 9.06. The van der Waals surface area contributed by atoms with Gasteiger partial charge in [-0.05, 0) is 43.3 Å². The molecule has 5 heteroatoms. The summed E-state index contributed by atoms with van der Waals surface area (Å²) in [6.45, 7) is 1.95. The Morgan fingerprint density at radius 3 is 2.44 bits per heavy atom. The van der Waals surface area contributed by atoms with Crippen LogP contribution in [0.25, 0.3) is 0 Å². The molecule has 0 fully saturated rings. The third-order valence-corrected chi connectivity index (χ3v) is 4.68. The van der Waals surface area contributed by atoms with E-state index in [0.29, 0.717) is 22.0 Å². The van der Waals surface area contributed by atoms with Crippen molar-refractivity contribution in [3.05, 3.63) is 88.9 Å². The molecule has 1 unspecified atom stereocenters. The highest BCUT2D eigenvalue weighted by Crippen LogP contribution is 2.27. The summed E-state index contributed by atoms with van der Waals surface area (Å²) in [5.41, 5.74) is 2.20. The first kappa shape index (κ1) is 17.5. The van der Waals surface area contributed by atoms with Crippen LogP contribution in [0.15, 0.2) is 72.8 Å². The van der Waals surface area contributed by atoms with Gasteiger partial charge in [0, 0.05) is 16.0 Å². The van der Waals surface area contributed by atoms with Gasteiger partial charge >= 0.3 is 0 Å². The van der Waals surface area contributed by atoms with Crippen LogP contribution in [0, 0.1) is 6.92 Å². The smallest absolute Gasteiger partial charge is 0.259 e. The van der Waals surface area contributed by atoms with Crippen molar-refractivity contribution in [3.8, 4) is 5.75 Å². The number of nitrogens with one attached hydrogen (secondary N) is 1. The number of anilines is 1. The average Bonchev–Trinajstić information content (AvgIpc) is 2.63. The van der Waals surface area contributed by atoms with Crippen LogP contribution < -0.4 is 15.1 Å². The van der Waals surface area contributed by atoms with Crippen LogP contribution in [-0.4, -0.2) is 5.91 Å². The van der Waals surface area contributed by atoms with Gasteiger partial charge in [-0.2, -0.15) is 0 Å². The third kappa shape index (κ3) is 4.82. The fourth-order valence-corrected chi connectivity index (χ4v) is 3.12. The van der Waals surface area contributed by atoms with E-state index in [1.54, 1.807) is 24.3 Å². The minimum atomic E-state index is -0.209. The van der Waals surface area contributed by atoms with Crippen molar-refractivity contribution in [2.45, 2.75) is 6.92 Å². The Hall–Kier alpha value is -2.35. The van der Waals surface area contributed by atoms with Crippen molar-refractivity contribution in [2.75, 3.05) is 5.32 Å². The van der Waals surface area contributed by atoms with Crippen LogP contribution in [0.5, 0.6) is 5.75 Å². The molecule has 3 aromatic rings. The maximum atomic E-state index is 12.7. The molecule has 0 aromatic heterocycles. The zero-order valence-electron chi connectivity index (χ0n) is 13.6. The normalized spacial score (nSPS) is 10.8. The van der Waals surface area contributed by atoms with E-state index < -0.39 is 0 Å². The molecule has 0 bridgehead atoms. The number of amides is 1. The highest BCUT2D eigenvalue weighted by atomic mass is 35.5. The summed E-state index contributed by atoms with van der Waals surface area (Å²) < 4.78 is 5.90. The van der Waals surface area contributed by atoms with E-state index in [2.05, 4.69) is 5.32 Å². The molecule has 1 amide bonds. The van der Waals surface area contributed by atoms with Gasteiger partial charge in [-0.25, -0.2) is 0 Å². The van der Waals surface area contributed by atoms with Crippen molar-refractivity contribution in [3.63, 3.8) is 0 Å². The topological polar surface area (TPSA) is 38.3 Å². The number of hydrogen-bond donors (Lipinski definition) is 1. The first-order chi connectivity index (χ1) is 12.1. The highest BCUT2D eigenvalue weighted by Gasteiger charge is 2.14. The molecule has 3 aromatic carbocycles. The van der Waals surface area contributed by atoms with E-state index in [4.69, 9.17) is 16.1 Å². The number of rotatable bonds is 5. The van der Waals surface area contributed by atoms with Crippen LogP contribution in [0.2, 0.25) is 5.02 Å². The quantitative estimate of drug-likeness (QED) is 0.628. The van der Waals surface area contributed by atoms with E-state index in [9.17, 15) is 4.79 Å². The Morgan fingerprint density at radius 1 is 1.00 bits per heavy atom. The second-order valence-electron chi connectivity index (χ2n) is 5.53. The monoisotopic (exact) mass is 369 g/mol. The summed E-state index contributed by atoms with van der Waals surface area (Å²) in [6, 6.07) is 22.5. The minimum absolute atomic E-state index is 0.137. The van der Waals surface area contributed by atoms with Crippen molar-refractivity contribution < 1.29 is 9.32 Å². The van der Waals surface area contributed by atoms with Crippen molar-refractivity contribution in [2.24, 2.45) is 0 Å². The molecule has 1 N–H and O–H groups in total. The summed E-state index contributed by atoms with van der Waals surface area (Å²) in [6.07, 6.45) is 0. The van der Waals surface area contributed by atoms with E-state index >= 15 is 0 Å². The molecule has 1 atom stereocenters. The number of halogens is 1. The molecular weight excluding hydrogens is 353 g/mol. The minimum Gasteiger partial charge on any atom is -0.472 e. The lowest BCUT2D eigenvalue weighted by atomic mass is 10.1. The Balaban J connectivity index is 1.78. The Bertz CT molecular complexity index is 867. The number of carbonyl (C=O) groups excluding carboxylic acids is 1. The van der Waals surface area contributed by atoms with Gasteiger partial charge < -0.3 is 9.84 Å². The van der Waals surface area contributed by atoms with Crippen LogP contribution in [0.3, 0.4) is 0 Å². The van der Waals surface area contributed by atoms with Crippen molar-refractivity contribution >= 4 is 37.3 Å². The number of hydrogen-bond acceptors (Lipinski definition) is 2. The van der Waals surface area contributed by atoms with Gasteiger partial charge in [-0.3, -0.25) is 4.79 Å². The predicted molar refractivity (Wildman–Crippen MR) is 106 cm³/mol. The predicted octanol–water partition coefficient (Wildman–Crippen LogP) is 5.20. The third-order valence-electron chi connectivity index (χ3n) is 3.53. The SMILES string of the molecule is Cc1ccc(OPc2ccccc2)c(C(=O)Nc2ccc(Cl)cc2)c1. The second-order valence-corrected chi connectivity index (χ2v) is 6.95. The number of aryl methyl sites for hydroxylation is 1. The molecule has 0 aliphatic heterocycles. The number of carbonyl (C=O) groups is 1. The molecule has 0 radical (unpaired) electrons. The van der Waals surface area contributed by atoms with E-state index in [-0.39, 0.29) is 14.7 Å². The maximum Gasteiger partial charge on any atom is 0.259 e. The summed E-state index contributed by atoms with van der Waals surface area (Å²) in [4.78, 5) is 12.7. The Labute approximate surface area is 153 Å². The standard InChI is InChI=1S/C20H17ClNO2P/c1-14-7-12-19(24-25-17-5-3-2-4-6-17)18(13-14)20(23)22-16-10-8-15(21)9-11-16/h2-13,25H,1H3,(H,22,23). The lowest BCUT2D eigenvalue weighted by molar-refractivity contribution is 0.102. The molecule has 0 aliphatic carbocycles. The van der Waals surface area contributed by atoms with Gasteiger partial charge in [0.05, 0.1) is 5.56 Å². The van der Waals surface area contributed by atoms with Gasteiger partial charge in [0.1, 0.15) is 14.6 Å². The van der Waals surface area contributed by atoms with Gasteiger partial charge in [0.15, 0.2) is 0 Å². The average molecular weight is 370 g/mol. The lowest BCUT2D eigenvalue weighted by Crippen LogP contribution is -2.13. The zero-order chi connectivity index (χ0) is 17.6. The van der Waals surface area contributed by atoms with Gasteiger partial charge in [0.2, 0.25) is 0 Å². The fourth-order valence-electron chi connectivity index (χ4n) is 2.26. The molecule has 3 nitrogen and oxygen atoms in total. The molecule has 0 saturated carbocycles. The summed E-state index contributed by atoms with van der Waals surface area (Å²) >= 11 is 5.88. The van der Waals surface area contributed by atoms with Crippen molar-refractivity contribution in [1.82, 2.24) is 0 Å². The van der Waals surface area contributed by atoms with Crippen LogP contribution in [-0.2, 0) is 0 Å².